The van der Waals surface area contributed by atoms with Crippen molar-refractivity contribution in [3.8, 4) is 11.1 Å². The van der Waals surface area contributed by atoms with E-state index in [1.165, 1.54) is 75.3 Å². The van der Waals surface area contributed by atoms with Gasteiger partial charge < -0.3 is 0 Å². The van der Waals surface area contributed by atoms with Crippen LogP contribution in [0.15, 0.2) is 66.7 Å². The average Bonchev–Trinajstić information content (AvgIpc) is 2.90. The number of hydrogen-bond acceptors (Lipinski definition) is 0. The highest BCUT2D eigenvalue weighted by atomic mass is 19.1. The van der Waals surface area contributed by atoms with E-state index < -0.39 is 0 Å². The van der Waals surface area contributed by atoms with E-state index in [1.54, 1.807) is 0 Å². The topological polar surface area (TPSA) is 0 Å². The molecule has 186 valence electrons. The summed E-state index contributed by atoms with van der Waals surface area (Å²) in [6.07, 6.45) is 19.7. The van der Waals surface area contributed by atoms with E-state index in [9.17, 15) is 4.39 Å². The summed E-state index contributed by atoms with van der Waals surface area (Å²) in [5.74, 6) is 1.84. The standard InChI is InChI=1S/C34H43F/c1-3-5-7-9-26-11-13-27(14-12-26)15-16-28-17-19-29(20-18-28)31-23-24-33-32(25-31)22-21-30(34(33)35)10-8-6-4-2/h4,6,17-27H,3,5,7-16H2,1-2H3/b6-4+. The number of hydrogen-bond donors (Lipinski definition) is 0. The fraction of sp³-hybridized carbons (Fsp3) is 0.471. The van der Waals surface area contributed by atoms with Crippen LogP contribution < -0.4 is 0 Å². The third-order valence-electron chi connectivity index (χ3n) is 8.16. The van der Waals surface area contributed by atoms with Crippen LogP contribution in [-0.2, 0) is 12.8 Å². The van der Waals surface area contributed by atoms with Gasteiger partial charge in [-0.05, 0) is 78.1 Å². The van der Waals surface area contributed by atoms with E-state index >= 15 is 0 Å². The Kier molecular flexibility index (Phi) is 9.57. The largest absolute Gasteiger partial charge is 0.206 e. The minimum atomic E-state index is -0.0658. The Hall–Kier alpha value is -2.41. The Morgan fingerprint density at radius 1 is 0.800 bits per heavy atom. The number of fused-ring (bicyclic) bond motifs is 1. The van der Waals surface area contributed by atoms with Crippen molar-refractivity contribution in [3.63, 3.8) is 0 Å². The first-order valence-electron chi connectivity index (χ1n) is 14.1. The van der Waals surface area contributed by atoms with Crippen LogP contribution in [0.5, 0.6) is 0 Å². The first-order valence-corrected chi connectivity index (χ1v) is 14.1. The van der Waals surface area contributed by atoms with E-state index in [1.807, 2.05) is 25.1 Å². The summed E-state index contributed by atoms with van der Waals surface area (Å²) in [6.45, 7) is 4.31. The van der Waals surface area contributed by atoms with Gasteiger partial charge >= 0.3 is 0 Å². The second-order valence-electron chi connectivity index (χ2n) is 10.7. The van der Waals surface area contributed by atoms with E-state index in [0.29, 0.717) is 0 Å². The maximum absolute atomic E-state index is 15.0. The van der Waals surface area contributed by atoms with Crippen LogP contribution in [0.4, 0.5) is 4.39 Å². The lowest BCUT2D eigenvalue weighted by molar-refractivity contribution is 0.249. The van der Waals surface area contributed by atoms with Crippen molar-refractivity contribution in [2.45, 2.75) is 90.9 Å². The van der Waals surface area contributed by atoms with E-state index in [-0.39, 0.29) is 5.82 Å². The zero-order valence-electron chi connectivity index (χ0n) is 21.9. The molecule has 0 radical (unpaired) electrons. The molecule has 3 aromatic rings. The molecule has 1 heteroatoms. The average molecular weight is 471 g/mol. The number of rotatable bonds is 11. The van der Waals surface area contributed by atoms with Gasteiger partial charge in [-0.2, -0.15) is 0 Å². The number of unbranched alkanes of at least 4 members (excludes halogenated alkanes) is 2. The molecule has 0 atom stereocenters. The number of halogens is 1. The molecular formula is C34H43F. The number of aryl methyl sites for hydroxylation is 2. The monoisotopic (exact) mass is 470 g/mol. The molecule has 0 unspecified atom stereocenters. The van der Waals surface area contributed by atoms with Gasteiger partial charge in [-0.1, -0.05) is 119 Å². The van der Waals surface area contributed by atoms with Gasteiger partial charge in [-0.15, -0.1) is 0 Å². The molecule has 0 aliphatic heterocycles. The van der Waals surface area contributed by atoms with Gasteiger partial charge in [0, 0.05) is 5.39 Å². The lowest BCUT2D eigenvalue weighted by Gasteiger charge is -2.28. The SMILES string of the molecule is C/C=C/CCc1ccc2cc(-c3ccc(CCC4CCC(CCCCC)CC4)cc3)ccc2c1F. The lowest BCUT2D eigenvalue weighted by atomic mass is 9.78. The minimum absolute atomic E-state index is 0.0658. The van der Waals surface area contributed by atoms with Gasteiger partial charge in [0.25, 0.3) is 0 Å². The fourth-order valence-electron chi connectivity index (χ4n) is 5.84. The van der Waals surface area contributed by atoms with Crippen LogP contribution in [-0.4, -0.2) is 0 Å². The van der Waals surface area contributed by atoms with Crippen molar-refractivity contribution in [1.29, 1.82) is 0 Å². The van der Waals surface area contributed by atoms with Crippen molar-refractivity contribution in [3.05, 3.63) is 83.7 Å². The number of benzene rings is 3. The third kappa shape index (κ3) is 7.06. The van der Waals surface area contributed by atoms with Gasteiger partial charge in [0.15, 0.2) is 0 Å². The lowest BCUT2D eigenvalue weighted by Crippen LogP contribution is -2.15. The maximum atomic E-state index is 15.0. The zero-order valence-corrected chi connectivity index (χ0v) is 21.9. The highest BCUT2D eigenvalue weighted by molar-refractivity contribution is 5.88. The first kappa shape index (κ1) is 25.7. The molecule has 0 amide bonds. The molecule has 0 bridgehead atoms. The summed E-state index contributed by atoms with van der Waals surface area (Å²) in [5, 5.41) is 1.70. The zero-order chi connectivity index (χ0) is 24.5. The maximum Gasteiger partial charge on any atom is 0.134 e. The van der Waals surface area contributed by atoms with Crippen molar-refractivity contribution in [2.24, 2.45) is 11.8 Å². The molecule has 1 fully saturated rings. The van der Waals surface area contributed by atoms with E-state index in [4.69, 9.17) is 0 Å². The first-order chi connectivity index (χ1) is 17.2. The number of allylic oxidation sites excluding steroid dienone is 2. The van der Waals surface area contributed by atoms with Crippen LogP contribution in [0, 0.1) is 17.7 Å². The molecule has 3 aromatic carbocycles. The van der Waals surface area contributed by atoms with Gasteiger partial charge in [0.05, 0.1) is 0 Å². The van der Waals surface area contributed by atoms with Crippen molar-refractivity contribution < 1.29 is 4.39 Å². The third-order valence-corrected chi connectivity index (χ3v) is 8.16. The quantitative estimate of drug-likeness (QED) is 0.193. The van der Waals surface area contributed by atoms with Crippen LogP contribution in [0.25, 0.3) is 21.9 Å². The molecule has 1 saturated carbocycles. The van der Waals surface area contributed by atoms with Crippen LogP contribution >= 0.6 is 0 Å². The smallest absolute Gasteiger partial charge is 0.134 e. The van der Waals surface area contributed by atoms with Crippen LogP contribution in [0.1, 0.15) is 89.2 Å². The summed E-state index contributed by atoms with van der Waals surface area (Å²) in [4.78, 5) is 0. The van der Waals surface area contributed by atoms with Gasteiger partial charge in [-0.25, -0.2) is 4.39 Å². The summed E-state index contributed by atoms with van der Waals surface area (Å²) < 4.78 is 15.0. The molecule has 0 N–H and O–H groups in total. The van der Waals surface area contributed by atoms with Crippen molar-refractivity contribution in [1.82, 2.24) is 0 Å². The van der Waals surface area contributed by atoms with Crippen LogP contribution in [0.3, 0.4) is 0 Å². The highest BCUT2D eigenvalue weighted by Gasteiger charge is 2.20. The highest BCUT2D eigenvalue weighted by Crippen LogP contribution is 2.34. The van der Waals surface area contributed by atoms with Crippen LogP contribution in [0.2, 0.25) is 0 Å². The molecule has 0 heterocycles. The Labute approximate surface area is 212 Å². The molecule has 1 aliphatic rings. The van der Waals surface area contributed by atoms with Gasteiger partial charge in [0.1, 0.15) is 5.82 Å². The predicted octanol–water partition coefficient (Wildman–Crippen LogP) is 10.5. The minimum Gasteiger partial charge on any atom is -0.206 e. The van der Waals surface area contributed by atoms with Gasteiger partial charge in [-0.3, -0.25) is 0 Å². The Morgan fingerprint density at radius 2 is 1.51 bits per heavy atom. The molecule has 35 heavy (non-hydrogen) atoms. The van der Waals surface area contributed by atoms with Crippen molar-refractivity contribution >= 4 is 10.8 Å². The predicted molar refractivity (Wildman–Crippen MR) is 150 cm³/mol. The van der Waals surface area contributed by atoms with E-state index in [0.717, 1.165) is 46.6 Å². The molecular weight excluding hydrogens is 427 g/mol. The second-order valence-corrected chi connectivity index (χ2v) is 10.7. The normalized spacial score (nSPS) is 18.5. The molecule has 0 saturated heterocycles. The fourth-order valence-corrected chi connectivity index (χ4v) is 5.84. The summed E-state index contributed by atoms with van der Waals surface area (Å²) in [5.41, 5.74) is 4.61. The Morgan fingerprint density at radius 3 is 2.23 bits per heavy atom. The summed E-state index contributed by atoms with van der Waals surface area (Å²) in [7, 11) is 0. The molecule has 0 nitrogen and oxygen atoms in total. The molecule has 0 spiro atoms. The Bertz CT molecular complexity index is 1080. The molecule has 0 aromatic heterocycles. The van der Waals surface area contributed by atoms with Crippen molar-refractivity contribution in [2.75, 3.05) is 0 Å². The Balaban J connectivity index is 1.32. The van der Waals surface area contributed by atoms with E-state index in [2.05, 4.69) is 55.5 Å². The molecule has 1 aliphatic carbocycles. The summed E-state index contributed by atoms with van der Waals surface area (Å²) >= 11 is 0. The summed E-state index contributed by atoms with van der Waals surface area (Å²) in [6, 6.07) is 19.2. The van der Waals surface area contributed by atoms with Gasteiger partial charge in [0.2, 0.25) is 0 Å². The second kappa shape index (κ2) is 13.1. The molecule has 4 rings (SSSR count).